The van der Waals surface area contributed by atoms with Gasteiger partial charge in [0.1, 0.15) is 5.82 Å². The summed E-state index contributed by atoms with van der Waals surface area (Å²) in [6.45, 7) is 3.56. The van der Waals surface area contributed by atoms with Crippen LogP contribution in [0.15, 0.2) is 42.7 Å². The summed E-state index contributed by atoms with van der Waals surface area (Å²) in [5, 5.41) is 2.99. The third-order valence-corrected chi connectivity index (χ3v) is 4.85. The van der Waals surface area contributed by atoms with E-state index in [1.165, 1.54) is 0 Å². The van der Waals surface area contributed by atoms with Crippen molar-refractivity contribution in [1.82, 2.24) is 19.4 Å². The van der Waals surface area contributed by atoms with Crippen LogP contribution in [-0.2, 0) is 6.54 Å². The lowest BCUT2D eigenvalue weighted by Crippen LogP contribution is -2.42. The zero-order valence-corrected chi connectivity index (χ0v) is 15.8. The third-order valence-electron chi connectivity index (χ3n) is 4.85. The number of imidazole rings is 1. The molecule has 1 atom stereocenters. The quantitative estimate of drug-likeness (QED) is 0.865. The summed E-state index contributed by atoms with van der Waals surface area (Å²) in [4.78, 5) is 21.3. The highest BCUT2D eigenvalue weighted by Gasteiger charge is 2.27. The summed E-state index contributed by atoms with van der Waals surface area (Å²) in [5.41, 5.74) is 0.838. The van der Waals surface area contributed by atoms with Crippen molar-refractivity contribution in [2.45, 2.75) is 31.7 Å². The van der Waals surface area contributed by atoms with Crippen molar-refractivity contribution in [2.24, 2.45) is 0 Å². The second kappa shape index (κ2) is 8.85. The summed E-state index contributed by atoms with van der Waals surface area (Å²) in [6.07, 6.45) is 7.14. The van der Waals surface area contributed by atoms with E-state index in [2.05, 4.69) is 40.1 Å². The van der Waals surface area contributed by atoms with Crippen LogP contribution >= 0.6 is 0 Å². The van der Waals surface area contributed by atoms with E-state index in [0.29, 0.717) is 5.92 Å². The van der Waals surface area contributed by atoms with Crippen molar-refractivity contribution in [3.8, 4) is 0 Å². The summed E-state index contributed by atoms with van der Waals surface area (Å²) < 4.78 is 2.26. The molecule has 1 N–H and O–H groups in total. The first-order chi connectivity index (χ1) is 12.6. The number of piperidine rings is 1. The van der Waals surface area contributed by atoms with Crippen LogP contribution in [0.25, 0.3) is 0 Å². The number of hydrogen-bond acceptors (Lipinski definition) is 3. The van der Waals surface area contributed by atoms with Crippen LogP contribution in [0.5, 0.6) is 0 Å². The fourth-order valence-electron chi connectivity index (χ4n) is 3.52. The number of rotatable bonds is 6. The second-order valence-electron chi connectivity index (χ2n) is 7.22. The van der Waals surface area contributed by atoms with E-state index >= 15 is 0 Å². The number of urea groups is 1. The van der Waals surface area contributed by atoms with Crippen molar-refractivity contribution in [3.05, 3.63) is 48.5 Å². The Morgan fingerprint density at radius 3 is 2.88 bits per heavy atom. The number of carbonyl (C=O) groups is 1. The van der Waals surface area contributed by atoms with Crippen LogP contribution in [0.3, 0.4) is 0 Å². The SMILES string of the molecule is CN(C)CCCn1ccnc1[C@H]1CCCN(C(=O)Nc2ccccc2)C1. The molecule has 1 aliphatic heterocycles. The summed E-state index contributed by atoms with van der Waals surface area (Å²) >= 11 is 0. The number of hydrogen-bond donors (Lipinski definition) is 1. The first-order valence-corrected chi connectivity index (χ1v) is 9.40. The van der Waals surface area contributed by atoms with Crippen molar-refractivity contribution in [2.75, 3.05) is 39.0 Å². The van der Waals surface area contributed by atoms with E-state index in [1.54, 1.807) is 0 Å². The summed E-state index contributed by atoms with van der Waals surface area (Å²) in [6, 6.07) is 9.61. The Balaban J connectivity index is 1.60. The molecule has 0 unspecified atom stereocenters. The predicted octanol–water partition coefficient (Wildman–Crippen LogP) is 3.25. The Morgan fingerprint density at radius 1 is 1.31 bits per heavy atom. The first-order valence-electron chi connectivity index (χ1n) is 9.40. The lowest BCUT2D eigenvalue weighted by atomic mass is 9.97. The molecule has 26 heavy (non-hydrogen) atoms. The van der Waals surface area contributed by atoms with E-state index in [1.807, 2.05) is 41.4 Å². The molecule has 0 bridgehead atoms. The molecule has 140 valence electrons. The molecule has 0 aliphatic carbocycles. The normalized spacial score (nSPS) is 17.5. The minimum absolute atomic E-state index is 0.0217. The molecule has 1 saturated heterocycles. The van der Waals surface area contributed by atoms with Crippen molar-refractivity contribution < 1.29 is 4.79 Å². The van der Waals surface area contributed by atoms with Gasteiger partial charge >= 0.3 is 6.03 Å². The van der Waals surface area contributed by atoms with Crippen molar-refractivity contribution >= 4 is 11.7 Å². The summed E-state index contributed by atoms with van der Waals surface area (Å²) in [5.74, 6) is 1.42. The zero-order valence-electron chi connectivity index (χ0n) is 15.8. The number of aromatic nitrogens is 2. The molecular formula is C20H29N5O. The number of nitrogens with one attached hydrogen (secondary N) is 1. The van der Waals surface area contributed by atoms with E-state index in [9.17, 15) is 4.79 Å². The second-order valence-corrected chi connectivity index (χ2v) is 7.22. The standard InChI is InChI=1S/C20H29N5O/c1-23(2)12-7-14-24-15-11-21-19(24)17-8-6-13-25(16-17)20(26)22-18-9-4-3-5-10-18/h3-5,9-11,15,17H,6-8,12-14,16H2,1-2H3,(H,22,26)/t17-/m0/s1. The number of nitrogens with zero attached hydrogens (tertiary/aromatic N) is 4. The number of anilines is 1. The lowest BCUT2D eigenvalue weighted by Gasteiger charge is -2.32. The maximum atomic E-state index is 12.6. The van der Waals surface area contributed by atoms with Gasteiger partial charge in [-0.25, -0.2) is 9.78 Å². The minimum Gasteiger partial charge on any atom is -0.335 e. The predicted molar refractivity (Wildman–Crippen MR) is 104 cm³/mol. The third kappa shape index (κ3) is 4.85. The molecule has 0 spiro atoms. The number of para-hydroxylation sites is 1. The molecule has 2 amide bonds. The molecule has 1 aromatic carbocycles. The topological polar surface area (TPSA) is 53.4 Å². The number of benzene rings is 1. The van der Waals surface area contributed by atoms with Crippen molar-refractivity contribution in [1.29, 1.82) is 0 Å². The fourth-order valence-corrected chi connectivity index (χ4v) is 3.52. The Labute approximate surface area is 155 Å². The van der Waals surface area contributed by atoms with E-state index in [4.69, 9.17) is 0 Å². The van der Waals surface area contributed by atoms with Gasteiger partial charge in [-0.1, -0.05) is 18.2 Å². The first kappa shape index (κ1) is 18.5. The molecule has 1 aromatic heterocycles. The molecule has 0 saturated carbocycles. The van der Waals surface area contributed by atoms with Gasteiger partial charge in [0.05, 0.1) is 0 Å². The molecular weight excluding hydrogens is 326 g/mol. The maximum Gasteiger partial charge on any atom is 0.321 e. The van der Waals surface area contributed by atoms with Crippen LogP contribution in [0.4, 0.5) is 10.5 Å². The molecule has 6 nitrogen and oxygen atoms in total. The Hall–Kier alpha value is -2.34. The van der Waals surface area contributed by atoms with Crippen LogP contribution in [0.2, 0.25) is 0 Å². The van der Waals surface area contributed by atoms with Crippen LogP contribution in [0.1, 0.15) is 31.0 Å². The van der Waals surface area contributed by atoms with Gasteiger partial charge in [-0.3, -0.25) is 0 Å². The van der Waals surface area contributed by atoms with Crippen molar-refractivity contribution in [3.63, 3.8) is 0 Å². The molecule has 0 radical (unpaired) electrons. The van der Waals surface area contributed by atoms with Gasteiger partial charge in [0.2, 0.25) is 0 Å². The largest absolute Gasteiger partial charge is 0.335 e. The van der Waals surface area contributed by atoms with Gasteiger partial charge in [-0.05, 0) is 52.0 Å². The molecule has 1 fully saturated rings. The zero-order chi connectivity index (χ0) is 18.4. The molecule has 6 heteroatoms. The maximum absolute atomic E-state index is 12.6. The van der Waals surface area contributed by atoms with Gasteiger partial charge in [-0.2, -0.15) is 0 Å². The van der Waals surface area contributed by atoms with Crippen LogP contribution in [-0.4, -0.2) is 59.1 Å². The number of amides is 2. The number of carbonyl (C=O) groups excluding carboxylic acids is 1. The Bertz CT molecular complexity index is 697. The number of aryl methyl sites for hydroxylation is 1. The highest BCUT2D eigenvalue weighted by atomic mass is 16.2. The molecule has 1 aliphatic rings. The number of likely N-dealkylation sites (tertiary alicyclic amines) is 1. The van der Waals surface area contributed by atoms with Crippen LogP contribution in [0, 0.1) is 0 Å². The fraction of sp³-hybridized carbons (Fsp3) is 0.500. The Morgan fingerprint density at radius 2 is 2.12 bits per heavy atom. The van der Waals surface area contributed by atoms with E-state index in [-0.39, 0.29) is 6.03 Å². The average molecular weight is 355 g/mol. The summed E-state index contributed by atoms with van der Waals surface area (Å²) in [7, 11) is 4.19. The van der Waals surface area contributed by atoms with Gasteiger partial charge in [0, 0.05) is 43.6 Å². The molecule has 2 aromatic rings. The molecule has 2 heterocycles. The highest BCUT2D eigenvalue weighted by Crippen LogP contribution is 2.26. The van der Waals surface area contributed by atoms with Gasteiger partial charge in [0.15, 0.2) is 0 Å². The smallest absolute Gasteiger partial charge is 0.321 e. The average Bonchev–Trinajstić information content (AvgIpc) is 3.11. The van der Waals surface area contributed by atoms with Gasteiger partial charge < -0.3 is 19.7 Å². The lowest BCUT2D eigenvalue weighted by molar-refractivity contribution is 0.190. The van der Waals surface area contributed by atoms with E-state index < -0.39 is 0 Å². The highest BCUT2D eigenvalue weighted by molar-refractivity contribution is 5.89. The van der Waals surface area contributed by atoms with Crippen LogP contribution < -0.4 is 5.32 Å². The van der Waals surface area contributed by atoms with Gasteiger partial charge in [-0.15, -0.1) is 0 Å². The molecule has 3 rings (SSSR count). The monoisotopic (exact) mass is 355 g/mol. The van der Waals surface area contributed by atoms with E-state index in [0.717, 1.165) is 57.0 Å². The minimum atomic E-state index is -0.0217. The Kier molecular flexibility index (Phi) is 6.28. The van der Waals surface area contributed by atoms with Gasteiger partial charge in [0.25, 0.3) is 0 Å².